The molecule has 5 nitrogen and oxygen atoms in total. The number of ether oxygens (including phenoxy) is 1. The lowest BCUT2D eigenvalue weighted by Crippen LogP contribution is -2.17. The Labute approximate surface area is 142 Å². The van der Waals surface area contributed by atoms with Crippen molar-refractivity contribution in [3.8, 4) is 5.75 Å². The largest absolute Gasteiger partial charge is 0.573 e. The number of hydrogen-bond acceptors (Lipinski definition) is 4. The first kappa shape index (κ1) is 16.8. The maximum absolute atomic E-state index is 12.1. The molecule has 1 N–H and O–H groups in total. The van der Waals surface area contributed by atoms with E-state index in [0.29, 0.717) is 18.9 Å². The van der Waals surface area contributed by atoms with Crippen LogP contribution < -0.4 is 10.1 Å². The van der Waals surface area contributed by atoms with Gasteiger partial charge < -0.3 is 10.1 Å². The third-order valence-corrected chi connectivity index (χ3v) is 3.34. The number of hydrogen-bond donors (Lipinski definition) is 1. The Morgan fingerprint density at radius 1 is 1.08 bits per heavy atom. The van der Waals surface area contributed by atoms with E-state index in [2.05, 4.69) is 20.1 Å². The van der Waals surface area contributed by atoms with E-state index in [1.54, 1.807) is 6.20 Å². The first-order chi connectivity index (χ1) is 12.0. The van der Waals surface area contributed by atoms with Crippen molar-refractivity contribution in [1.29, 1.82) is 0 Å². The van der Waals surface area contributed by atoms with Gasteiger partial charge >= 0.3 is 6.36 Å². The molecule has 2 aromatic heterocycles. The first-order valence-corrected chi connectivity index (χ1v) is 7.49. The van der Waals surface area contributed by atoms with Crippen LogP contribution in [0.25, 0.3) is 0 Å². The predicted molar refractivity (Wildman–Crippen MR) is 86.0 cm³/mol. The molecule has 0 aliphatic carbocycles. The number of anilines is 1. The van der Waals surface area contributed by atoms with E-state index >= 15 is 0 Å². The summed E-state index contributed by atoms with van der Waals surface area (Å²) in [4.78, 5) is 3.91. The standard InChI is InChI=1S/C17H15F3N4O/c18-17(19,20)25-15-5-6-16(22-11-15)21-10-13-3-1-4-14(9-13)12-24-8-2-7-23-24/h1-9,11H,10,12H2,(H,21,22). The number of alkyl halides is 3. The summed E-state index contributed by atoms with van der Waals surface area (Å²) in [6.07, 6.45) is -0.0712. The molecule has 130 valence electrons. The summed E-state index contributed by atoms with van der Waals surface area (Å²) in [5, 5.41) is 7.23. The fourth-order valence-corrected chi connectivity index (χ4v) is 2.29. The lowest BCUT2D eigenvalue weighted by molar-refractivity contribution is -0.274. The third kappa shape index (κ3) is 5.23. The highest BCUT2D eigenvalue weighted by molar-refractivity contribution is 5.39. The van der Waals surface area contributed by atoms with Crippen LogP contribution in [0.15, 0.2) is 61.1 Å². The molecular formula is C17H15F3N4O. The Kier molecular flexibility index (Phi) is 4.87. The number of halogens is 3. The lowest BCUT2D eigenvalue weighted by atomic mass is 10.1. The normalized spacial score (nSPS) is 11.3. The third-order valence-electron chi connectivity index (χ3n) is 3.34. The molecule has 0 aliphatic rings. The second-order valence-electron chi connectivity index (χ2n) is 5.30. The number of nitrogens with one attached hydrogen (secondary N) is 1. The fourth-order valence-electron chi connectivity index (χ4n) is 2.29. The van der Waals surface area contributed by atoms with Crippen LogP contribution in [0.5, 0.6) is 5.75 Å². The summed E-state index contributed by atoms with van der Waals surface area (Å²) >= 11 is 0. The van der Waals surface area contributed by atoms with E-state index in [4.69, 9.17) is 0 Å². The molecule has 0 atom stereocenters. The zero-order chi connectivity index (χ0) is 17.7. The average molecular weight is 348 g/mol. The van der Waals surface area contributed by atoms with Crippen LogP contribution in [-0.4, -0.2) is 21.1 Å². The fraction of sp³-hybridized carbons (Fsp3) is 0.176. The topological polar surface area (TPSA) is 52.0 Å². The molecule has 0 bridgehead atoms. The minimum absolute atomic E-state index is 0.348. The van der Waals surface area contributed by atoms with Crippen LogP contribution in [0.2, 0.25) is 0 Å². The van der Waals surface area contributed by atoms with Crippen LogP contribution in [-0.2, 0) is 13.1 Å². The van der Waals surface area contributed by atoms with Crippen LogP contribution in [0.3, 0.4) is 0 Å². The second kappa shape index (κ2) is 7.25. The molecule has 0 saturated carbocycles. The van der Waals surface area contributed by atoms with Crippen molar-refractivity contribution in [3.63, 3.8) is 0 Å². The summed E-state index contributed by atoms with van der Waals surface area (Å²) in [7, 11) is 0. The van der Waals surface area contributed by atoms with Crippen LogP contribution in [0.4, 0.5) is 19.0 Å². The summed E-state index contributed by atoms with van der Waals surface area (Å²) in [5.41, 5.74) is 2.13. The molecule has 0 aliphatic heterocycles. The molecule has 25 heavy (non-hydrogen) atoms. The minimum Gasteiger partial charge on any atom is -0.404 e. The molecule has 0 fully saturated rings. The maximum Gasteiger partial charge on any atom is 0.573 e. The smallest absolute Gasteiger partial charge is 0.404 e. The van der Waals surface area contributed by atoms with Gasteiger partial charge in [0.05, 0.1) is 12.7 Å². The quantitative estimate of drug-likeness (QED) is 0.735. The summed E-state index contributed by atoms with van der Waals surface area (Å²) < 4.78 is 42.0. The lowest BCUT2D eigenvalue weighted by Gasteiger charge is -2.10. The summed E-state index contributed by atoms with van der Waals surface area (Å²) in [6, 6.07) is 12.5. The molecule has 3 rings (SSSR count). The zero-order valence-electron chi connectivity index (χ0n) is 13.1. The summed E-state index contributed by atoms with van der Waals surface area (Å²) in [6.45, 7) is 1.17. The van der Waals surface area contributed by atoms with Gasteiger partial charge in [-0.2, -0.15) is 5.10 Å². The van der Waals surface area contributed by atoms with Gasteiger partial charge in [0.1, 0.15) is 11.6 Å². The average Bonchev–Trinajstić information content (AvgIpc) is 3.06. The van der Waals surface area contributed by atoms with Crippen molar-refractivity contribution in [3.05, 3.63) is 72.2 Å². The maximum atomic E-state index is 12.1. The van der Waals surface area contributed by atoms with Gasteiger partial charge in [0.2, 0.25) is 0 Å². The Bertz CT molecular complexity index is 802. The van der Waals surface area contributed by atoms with Gasteiger partial charge in [-0.25, -0.2) is 4.98 Å². The van der Waals surface area contributed by atoms with E-state index < -0.39 is 6.36 Å². The van der Waals surface area contributed by atoms with Gasteiger partial charge in [-0.3, -0.25) is 4.68 Å². The van der Waals surface area contributed by atoms with Crippen molar-refractivity contribution in [1.82, 2.24) is 14.8 Å². The Morgan fingerprint density at radius 3 is 2.60 bits per heavy atom. The molecule has 0 amide bonds. The van der Waals surface area contributed by atoms with Crippen molar-refractivity contribution in [2.75, 3.05) is 5.32 Å². The van der Waals surface area contributed by atoms with Gasteiger partial charge in [0, 0.05) is 18.9 Å². The van der Waals surface area contributed by atoms with E-state index in [0.717, 1.165) is 17.3 Å². The van der Waals surface area contributed by atoms with Crippen molar-refractivity contribution >= 4 is 5.82 Å². The predicted octanol–water partition coefficient (Wildman–Crippen LogP) is 3.84. The van der Waals surface area contributed by atoms with Crippen molar-refractivity contribution in [2.24, 2.45) is 0 Å². The van der Waals surface area contributed by atoms with Gasteiger partial charge in [0.25, 0.3) is 0 Å². The first-order valence-electron chi connectivity index (χ1n) is 7.49. The highest BCUT2D eigenvalue weighted by atomic mass is 19.4. The summed E-state index contributed by atoms with van der Waals surface area (Å²) in [5.74, 6) is 0.117. The molecule has 0 unspecified atom stereocenters. The van der Waals surface area contributed by atoms with E-state index in [1.807, 2.05) is 41.2 Å². The monoisotopic (exact) mass is 348 g/mol. The highest BCUT2D eigenvalue weighted by Crippen LogP contribution is 2.22. The Hall–Kier alpha value is -3.03. The van der Waals surface area contributed by atoms with E-state index in [9.17, 15) is 13.2 Å². The van der Waals surface area contributed by atoms with Gasteiger partial charge in [-0.15, -0.1) is 13.2 Å². The van der Waals surface area contributed by atoms with Gasteiger partial charge in [0.15, 0.2) is 0 Å². The number of rotatable bonds is 6. The number of nitrogens with zero attached hydrogens (tertiary/aromatic N) is 3. The Balaban J connectivity index is 1.58. The SMILES string of the molecule is FC(F)(F)Oc1ccc(NCc2cccc(Cn3cccn3)c2)nc1. The van der Waals surface area contributed by atoms with Crippen LogP contribution >= 0.6 is 0 Å². The molecule has 0 spiro atoms. The van der Waals surface area contributed by atoms with Gasteiger partial charge in [-0.1, -0.05) is 24.3 Å². The minimum atomic E-state index is -4.72. The molecule has 1 aromatic carbocycles. The molecular weight excluding hydrogens is 333 g/mol. The second-order valence-corrected chi connectivity index (χ2v) is 5.30. The molecule has 3 aromatic rings. The molecule has 0 radical (unpaired) electrons. The Morgan fingerprint density at radius 2 is 1.92 bits per heavy atom. The van der Waals surface area contributed by atoms with Gasteiger partial charge in [-0.05, 0) is 29.3 Å². The molecule has 2 heterocycles. The van der Waals surface area contributed by atoms with E-state index in [1.165, 1.54) is 12.1 Å². The van der Waals surface area contributed by atoms with Crippen LogP contribution in [0.1, 0.15) is 11.1 Å². The number of pyridine rings is 1. The zero-order valence-corrected chi connectivity index (χ0v) is 13.1. The number of aromatic nitrogens is 3. The van der Waals surface area contributed by atoms with Crippen molar-refractivity contribution in [2.45, 2.75) is 19.5 Å². The molecule has 0 saturated heterocycles. The highest BCUT2D eigenvalue weighted by Gasteiger charge is 2.31. The van der Waals surface area contributed by atoms with Crippen LogP contribution in [0, 0.1) is 0 Å². The van der Waals surface area contributed by atoms with E-state index in [-0.39, 0.29) is 5.75 Å². The number of benzene rings is 1. The van der Waals surface area contributed by atoms with Crippen molar-refractivity contribution < 1.29 is 17.9 Å². The molecule has 8 heteroatoms.